The molecule has 0 aliphatic carbocycles. The molecule has 1 aromatic heterocycles. The highest BCUT2D eigenvalue weighted by Crippen LogP contribution is 2.14. The molecule has 1 heterocycles. The fourth-order valence-electron chi connectivity index (χ4n) is 1.62. The van der Waals surface area contributed by atoms with E-state index in [-0.39, 0.29) is 0 Å². The first-order chi connectivity index (χ1) is 7.33. The van der Waals surface area contributed by atoms with Gasteiger partial charge in [0.05, 0.1) is 11.0 Å². The van der Waals surface area contributed by atoms with Crippen LogP contribution in [0.25, 0.3) is 11.0 Å². The second kappa shape index (κ2) is 4.42. The molecule has 80 valence electrons. The van der Waals surface area contributed by atoms with Gasteiger partial charge < -0.3 is 16.5 Å². The number of hydrogen-bond donors (Lipinski definition) is 3. The molecular formula is C11H16N4. The number of nitrogens with one attached hydrogen (secondary N) is 1. The van der Waals surface area contributed by atoms with Crippen molar-refractivity contribution >= 4 is 11.0 Å². The van der Waals surface area contributed by atoms with Gasteiger partial charge in [-0.3, -0.25) is 0 Å². The van der Waals surface area contributed by atoms with Crippen molar-refractivity contribution in [2.24, 2.45) is 11.5 Å². The third-order valence-electron chi connectivity index (χ3n) is 2.45. The number of imidazole rings is 1. The Morgan fingerprint density at radius 1 is 1.27 bits per heavy atom. The maximum Gasteiger partial charge on any atom is 0.107 e. The third kappa shape index (κ3) is 2.16. The van der Waals surface area contributed by atoms with Crippen molar-refractivity contribution in [2.45, 2.75) is 19.4 Å². The highest BCUT2D eigenvalue weighted by molar-refractivity contribution is 5.75. The van der Waals surface area contributed by atoms with Crippen LogP contribution < -0.4 is 11.5 Å². The monoisotopic (exact) mass is 204 g/mol. The Morgan fingerprint density at radius 3 is 2.87 bits per heavy atom. The Bertz CT molecular complexity index is 447. The number of H-pyrrole nitrogens is 1. The smallest absolute Gasteiger partial charge is 0.107 e. The maximum atomic E-state index is 5.58. The standard InChI is InChI=1S/C11H16N4/c12-5-1-2-11-14-9-4-3-8(7-13)6-10(9)15-11/h3-4,6H,1-2,5,7,12-13H2,(H,14,15). The second-order valence-electron chi connectivity index (χ2n) is 3.63. The molecule has 0 spiro atoms. The number of aromatic nitrogens is 2. The van der Waals surface area contributed by atoms with E-state index in [4.69, 9.17) is 11.5 Å². The summed E-state index contributed by atoms with van der Waals surface area (Å²) in [5, 5.41) is 0. The molecule has 0 unspecified atom stereocenters. The van der Waals surface area contributed by atoms with Gasteiger partial charge in [0.15, 0.2) is 0 Å². The summed E-state index contributed by atoms with van der Waals surface area (Å²) in [7, 11) is 0. The molecule has 5 N–H and O–H groups in total. The van der Waals surface area contributed by atoms with E-state index in [2.05, 4.69) is 9.97 Å². The average Bonchev–Trinajstić information content (AvgIpc) is 2.67. The molecule has 0 fully saturated rings. The summed E-state index contributed by atoms with van der Waals surface area (Å²) in [5.41, 5.74) is 14.2. The molecule has 15 heavy (non-hydrogen) atoms. The summed E-state index contributed by atoms with van der Waals surface area (Å²) >= 11 is 0. The predicted octanol–water partition coefficient (Wildman–Crippen LogP) is 0.913. The molecule has 0 saturated heterocycles. The predicted molar refractivity (Wildman–Crippen MR) is 61.4 cm³/mol. The Balaban J connectivity index is 2.29. The number of aryl methyl sites for hydroxylation is 1. The lowest BCUT2D eigenvalue weighted by Gasteiger charge is -1.94. The number of fused-ring (bicyclic) bond motifs is 1. The van der Waals surface area contributed by atoms with Crippen LogP contribution >= 0.6 is 0 Å². The fraction of sp³-hybridized carbons (Fsp3) is 0.364. The average molecular weight is 204 g/mol. The van der Waals surface area contributed by atoms with E-state index < -0.39 is 0 Å². The van der Waals surface area contributed by atoms with E-state index in [0.29, 0.717) is 13.1 Å². The van der Waals surface area contributed by atoms with Gasteiger partial charge in [0.2, 0.25) is 0 Å². The molecule has 0 radical (unpaired) electrons. The lowest BCUT2D eigenvalue weighted by atomic mass is 10.2. The molecule has 0 aliphatic heterocycles. The van der Waals surface area contributed by atoms with Crippen molar-refractivity contribution in [1.29, 1.82) is 0 Å². The van der Waals surface area contributed by atoms with Crippen LogP contribution in [0.3, 0.4) is 0 Å². The van der Waals surface area contributed by atoms with Crippen LogP contribution in [-0.2, 0) is 13.0 Å². The zero-order valence-electron chi connectivity index (χ0n) is 8.66. The minimum absolute atomic E-state index is 0.563. The van der Waals surface area contributed by atoms with Gasteiger partial charge in [0.1, 0.15) is 5.82 Å². The van der Waals surface area contributed by atoms with Crippen LogP contribution in [0.2, 0.25) is 0 Å². The largest absolute Gasteiger partial charge is 0.342 e. The number of benzene rings is 1. The number of nitrogens with zero attached hydrogens (tertiary/aromatic N) is 1. The molecule has 2 aromatic rings. The first-order valence-corrected chi connectivity index (χ1v) is 5.21. The molecular weight excluding hydrogens is 188 g/mol. The van der Waals surface area contributed by atoms with E-state index in [1.165, 1.54) is 0 Å². The van der Waals surface area contributed by atoms with E-state index in [0.717, 1.165) is 35.3 Å². The van der Waals surface area contributed by atoms with Gasteiger partial charge in [0, 0.05) is 13.0 Å². The van der Waals surface area contributed by atoms with Crippen LogP contribution in [0, 0.1) is 0 Å². The summed E-state index contributed by atoms with van der Waals surface area (Å²) in [6, 6.07) is 6.06. The second-order valence-corrected chi connectivity index (χ2v) is 3.63. The van der Waals surface area contributed by atoms with Crippen molar-refractivity contribution in [3.63, 3.8) is 0 Å². The summed E-state index contributed by atoms with van der Waals surface area (Å²) in [4.78, 5) is 7.76. The minimum Gasteiger partial charge on any atom is -0.342 e. The number of aromatic amines is 1. The van der Waals surface area contributed by atoms with Crippen molar-refractivity contribution in [3.05, 3.63) is 29.6 Å². The number of rotatable bonds is 4. The van der Waals surface area contributed by atoms with Crippen LogP contribution in [-0.4, -0.2) is 16.5 Å². The van der Waals surface area contributed by atoms with Gasteiger partial charge in [-0.25, -0.2) is 4.98 Å². The van der Waals surface area contributed by atoms with E-state index in [1.54, 1.807) is 0 Å². The zero-order valence-corrected chi connectivity index (χ0v) is 8.66. The highest BCUT2D eigenvalue weighted by atomic mass is 14.9. The lowest BCUT2D eigenvalue weighted by molar-refractivity contribution is 0.796. The normalized spacial score (nSPS) is 11.1. The fourth-order valence-corrected chi connectivity index (χ4v) is 1.62. The molecule has 2 rings (SSSR count). The van der Waals surface area contributed by atoms with Crippen LogP contribution in [0.1, 0.15) is 17.8 Å². The minimum atomic E-state index is 0.563. The van der Waals surface area contributed by atoms with Crippen LogP contribution in [0.4, 0.5) is 0 Å². The van der Waals surface area contributed by atoms with Gasteiger partial charge in [-0.15, -0.1) is 0 Å². The molecule has 0 bridgehead atoms. The van der Waals surface area contributed by atoms with Crippen molar-refractivity contribution < 1.29 is 0 Å². The Kier molecular flexibility index (Phi) is 2.99. The molecule has 0 amide bonds. The van der Waals surface area contributed by atoms with Crippen LogP contribution in [0.5, 0.6) is 0 Å². The number of hydrogen-bond acceptors (Lipinski definition) is 3. The first kappa shape index (κ1) is 10.1. The summed E-state index contributed by atoms with van der Waals surface area (Å²) in [6.45, 7) is 1.26. The molecule has 4 nitrogen and oxygen atoms in total. The zero-order chi connectivity index (χ0) is 10.7. The van der Waals surface area contributed by atoms with Crippen molar-refractivity contribution in [2.75, 3.05) is 6.54 Å². The van der Waals surface area contributed by atoms with Crippen molar-refractivity contribution in [1.82, 2.24) is 9.97 Å². The van der Waals surface area contributed by atoms with Gasteiger partial charge >= 0.3 is 0 Å². The summed E-state index contributed by atoms with van der Waals surface area (Å²) in [6.07, 6.45) is 1.87. The van der Waals surface area contributed by atoms with Crippen molar-refractivity contribution in [3.8, 4) is 0 Å². The molecule has 0 saturated carbocycles. The highest BCUT2D eigenvalue weighted by Gasteiger charge is 2.02. The van der Waals surface area contributed by atoms with Gasteiger partial charge in [0.25, 0.3) is 0 Å². The number of nitrogens with two attached hydrogens (primary N) is 2. The van der Waals surface area contributed by atoms with E-state index in [9.17, 15) is 0 Å². The van der Waals surface area contributed by atoms with Gasteiger partial charge in [-0.1, -0.05) is 6.07 Å². The summed E-state index contributed by atoms with van der Waals surface area (Å²) in [5.74, 6) is 1.00. The molecule has 0 atom stereocenters. The first-order valence-electron chi connectivity index (χ1n) is 5.21. The summed E-state index contributed by atoms with van der Waals surface area (Å²) < 4.78 is 0. The van der Waals surface area contributed by atoms with E-state index in [1.807, 2.05) is 18.2 Å². The van der Waals surface area contributed by atoms with E-state index >= 15 is 0 Å². The Hall–Kier alpha value is -1.39. The van der Waals surface area contributed by atoms with Gasteiger partial charge in [-0.05, 0) is 30.7 Å². The lowest BCUT2D eigenvalue weighted by Crippen LogP contribution is -2.01. The molecule has 0 aliphatic rings. The third-order valence-corrected chi connectivity index (χ3v) is 2.45. The quantitative estimate of drug-likeness (QED) is 0.692. The van der Waals surface area contributed by atoms with Gasteiger partial charge in [-0.2, -0.15) is 0 Å². The maximum absolute atomic E-state index is 5.58. The Morgan fingerprint density at radius 2 is 2.13 bits per heavy atom. The molecule has 4 heteroatoms. The van der Waals surface area contributed by atoms with Crippen LogP contribution in [0.15, 0.2) is 18.2 Å². The molecule has 1 aromatic carbocycles. The SMILES string of the molecule is NCCCc1nc2ccc(CN)cc2[nH]1. The topological polar surface area (TPSA) is 80.7 Å². The Labute approximate surface area is 88.7 Å².